The minimum Gasteiger partial charge on any atom is -0.492 e. The van der Waals surface area contributed by atoms with E-state index < -0.39 is 18.6 Å². The quantitative estimate of drug-likeness (QED) is 0.303. The molecule has 3 aromatic carbocycles. The van der Waals surface area contributed by atoms with Gasteiger partial charge < -0.3 is 15.4 Å². The fraction of sp³-hybridized carbons (Fsp3) is 0.125. The molecule has 0 aliphatic carbocycles. The topological polar surface area (TPSA) is 96.5 Å². The van der Waals surface area contributed by atoms with Crippen molar-refractivity contribution >= 4 is 23.2 Å². The number of nitrogens with one attached hydrogen (secondary N) is 1. The van der Waals surface area contributed by atoms with Gasteiger partial charge in [0.2, 0.25) is 0 Å². The molecule has 9 heteroatoms. The van der Waals surface area contributed by atoms with Crippen LogP contribution in [0.15, 0.2) is 78.9 Å². The lowest BCUT2D eigenvalue weighted by Crippen LogP contribution is -2.43. The number of carbonyl (C=O) groups excluding carboxylic acids is 2. The standard InChI is InChI=1S/C24H20F3N3O3/c25-24(26,27)23(32)30(13-14-33-20-8-4-7-18(15-20)22(28)29)19-11-9-17(10-12-19)21(31)16-5-2-1-3-6-16/h1-12,15H,13-14H2,(H3,28,29). The van der Waals surface area contributed by atoms with E-state index in [0.717, 1.165) is 0 Å². The molecule has 3 rings (SSSR count). The van der Waals surface area contributed by atoms with Crippen molar-refractivity contribution in [3.63, 3.8) is 0 Å². The van der Waals surface area contributed by atoms with Gasteiger partial charge in [-0.05, 0) is 36.4 Å². The molecule has 0 radical (unpaired) electrons. The lowest BCUT2D eigenvalue weighted by atomic mass is 10.0. The third-order valence-corrected chi connectivity index (χ3v) is 4.69. The van der Waals surface area contributed by atoms with Crippen molar-refractivity contribution in [1.29, 1.82) is 5.41 Å². The Morgan fingerprint density at radius 1 is 0.879 bits per heavy atom. The summed E-state index contributed by atoms with van der Waals surface area (Å²) in [6.07, 6.45) is -5.09. The van der Waals surface area contributed by atoms with E-state index in [4.69, 9.17) is 15.9 Å². The summed E-state index contributed by atoms with van der Waals surface area (Å²) in [5.41, 5.74) is 6.51. The number of amides is 1. The van der Waals surface area contributed by atoms with Crippen LogP contribution in [0.1, 0.15) is 21.5 Å². The second-order valence-corrected chi connectivity index (χ2v) is 6.99. The molecule has 0 atom stereocenters. The minimum absolute atomic E-state index is 0.0250. The van der Waals surface area contributed by atoms with E-state index in [9.17, 15) is 22.8 Å². The van der Waals surface area contributed by atoms with Crippen molar-refractivity contribution in [3.05, 3.63) is 95.6 Å². The zero-order valence-corrected chi connectivity index (χ0v) is 17.3. The van der Waals surface area contributed by atoms with Crippen LogP contribution in [0.4, 0.5) is 18.9 Å². The highest BCUT2D eigenvalue weighted by molar-refractivity contribution is 6.09. The van der Waals surface area contributed by atoms with Gasteiger partial charge >= 0.3 is 12.1 Å². The van der Waals surface area contributed by atoms with Gasteiger partial charge in [-0.15, -0.1) is 0 Å². The molecule has 1 amide bonds. The first-order valence-electron chi connectivity index (χ1n) is 9.82. The molecule has 3 N–H and O–H groups in total. The van der Waals surface area contributed by atoms with E-state index in [-0.39, 0.29) is 29.5 Å². The SMILES string of the molecule is N=C(N)c1cccc(OCCN(C(=O)C(F)(F)F)c2ccc(C(=O)c3ccccc3)cc2)c1. The molecule has 33 heavy (non-hydrogen) atoms. The van der Waals surface area contributed by atoms with Crippen LogP contribution in [-0.2, 0) is 4.79 Å². The maximum absolute atomic E-state index is 13.2. The van der Waals surface area contributed by atoms with Crippen molar-refractivity contribution < 1.29 is 27.5 Å². The number of alkyl halides is 3. The molecule has 0 saturated carbocycles. The Morgan fingerprint density at radius 2 is 1.48 bits per heavy atom. The van der Waals surface area contributed by atoms with E-state index in [1.54, 1.807) is 48.5 Å². The maximum Gasteiger partial charge on any atom is 0.471 e. The van der Waals surface area contributed by atoms with Crippen LogP contribution in [0.2, 0.25) is 0 Å². The van der Waals surface area contributed by atoms with E-state index >= 15 is 0 Å². The molecule has 0 aromatic heterocycles. The number of hydrogen-bond acceptors (Lipinski definition) is 4. The number of hydrogen-bond donors (Lipinski definition) is 2. The number of nitrogens with zero attached hydrogens (tertiary/aromatic N) is 1. The maximum atomic E-state index is 13.2. The van der Waals surface area contributed by atoms with Crippen LogP contribution in [0, 0.1) is 5.41 Å². The van der Waals surface area contributed by atoms with Gasteiger partial charge in [0.05, 0.1) is 6.54 Å². The van der Waals surface area contributed by atoms with Crippen LogP contribution >= 0.6 is 0 Å². The fourth-order valence-corrected chi connectivity index (χ4v) is 3.06. The molecule has 0 unspecified atom stereocenters. The Bertz CT molecular complexity index is 1150. The molecular formula is C24H20F3N3O3. The Labute approximate surface area is 187 Å². The summed E-state index contributed by atoms with van der Waals surface area (Å²) in [6, 6.07) is 20.0. The molecular weight excluding hydrogens is 435 g/mol. The minimum atomic E-state index is -5.09. The van der Waals surface area contributed by atoms with Gasteiger partial charge in [-0.2, -0.15) is 13.2 Å². The second-order valence-electron chi connectivity index (χ2n) is 6.99. The van der Waals surface area contributed by atoms with Gasteiger partial charge in [0.25, 0.3) is 0 Å². The van der Waals surface area contributed by atoms with Crippen LogP contribution < -0.4 is 15.4 Å². The van der Waals surface area contributed by atoms with Gasteiger partial charge in [0.1, 0.15) is 18.2 Å². The average molecular weight is 455 g/mol. The van der Waals surface area contributed by atoms with Crippen LogP contribution in [0.3, 0.4) is 0 Å². The van der Waals surface area contributed by atoms with E-state index in [2.05, 4.69) is 0 Å². The summed E-state index contributed by atoms with van der Waals surface area (Å²) in [7, 11) is 0. The van der Waals surface area contributed by atoms with Gasteiger partial charge in [0.15, 0.2) is 5.78 Å². The van der Waals surface area contributed by atoms with Crippen molar-refractivity contribution in [1.82, 2.24) is 0 Å². The number of ketones is 1. The molecule has 0 bridgehead atoms. The Kier molecular flexibility index (Phi) is 7.12. The zero-order valence-electron chi connectivity index (χ0n) is 17.3. The molecule has 6 nitrogen and oxygen atoms in total. The summed E-state index contributed by atoms with van der Waals surface area (Å²) in [5, 5.41) is 7.44. The van der Waals surface area contributed by atoms with Crippen LogP contribution in [0.5, 0.6) is 5.75 Å². The number of anilines is 1. The first-order chi connectivity index (χ1) is 15.7. The van der Waals surface area contributed by atoms with Gasteiger partial charge in [-0.1, -0.05) is 42.5 Å². The molecule has 0 saturated heterocycles. The normalized spacial score (nSPS) is 11.0. The molecule has 0 aliphatic heterocycles. The molecule has 3 aromatic rings. The van der Waals surface area contributed by atoms with E-state index in [1.165, 1.54) is 30.3 Å². The lowest BCUT2D eigenvalue weighted by Gasteiger charge is -2.24. The predicted molar refractivity (Wildman–Crippen MR) is 118 cm³/mol. The first kappa shape index (κ1) is 23.5. The number of nitrogen functional groups attached to an aromatic ring is 1. The Hall–Kier alpha value is -4.14. The van der Waals surface area contributed by atoms with E-state index in [1.807, 2.05) is 0 Å². The molecule has 0 fully saturated rings. The number of halogens is 3. The van der Waals surface area contributed by atoms with Crippen molar-refractivity contribution in [3.8, 4) is 5.75 Å². The zero-order chi connectivity index (χ0) is 24.0. The summed E-state index contributed by atoms with van der Waals surface area (Å²) in [5.74, 6) is -2.22. The monoisotopic (exact) mass is 455 g/mol. The highest BCUT2D eigenvalue weighted by atomic mass is 19.4. The second kappa shape index (κ2) is 9.99. The molecule has 0 spiro atoms. The van der Waals surface area contributed by atoms with Crippen molar-refractivity contribution in [2.75, 3.05) is 18.1 Å². The number of ether oxygens (including phenoxy) is 1. The van der Waals surface area contributed by atoms with Crippen LogP contribution in [0.25, 0.3) is 0 Å². The highest BCUT2D eigenvalue weighted by Crippen LogP contribution is 2.25. The fourth-order valence-electron chi connectivity index (χ4n) is 3.06. The predicted octanol–water partition coefficient (Wildman–Crippen LogP) is 4.18. The molecule has 0 heterocycles. The molecule has 170 valence electrons. The van der Waals surface area contributed by atoms with Crippen LogP contribution in [-0.4, -0.2) is 36.9 Å². The summed E-state index contributed by atoms with van der Waals surface area (Å²) in [6.45, 7) is -0.636. The number of nitrogens with two attached hydrogens (primary N) is 1. The smallest absolute Gasteiger partial charge is 0.471 e. The summed E-state index contributed by atoms with van der Waals surface area (Å²) >= 11 is 0. The average Bonchev–Trinajstić information content (AvgIpc) is 2.81. The largest absolute Gasteiger partial charge is 0.492 e. The van der Waals surface area contributed by atoms with Crippen molar-refractivity contribution in [2.45, 2.75) is 6.18 Å². The summed E-state index contributed by atoms with van der Waals surface area (Å²) in [4.78, 5) is 25.1. The third-order valence-electron chi connectivity index (χ3n) is 4.69. The number of benzene rings is 3. The van der Waals surface area contributed by atoms with Gasteiger partial charge in [0, 0.05) is 22.4 Å². The highest BCUT2D eigenvalue weighted by Gasteiger charge is 2.43. The van der Waals surface area contributed by atoms with Gasteiger partial charge in [-0.3, -0.25) is 15.0 Å². The number of rotatable bonds is 8. The van der Waals surface area contributed by atoms with Gasteiger partial charge in [-0.25, -0.2) is 0 Å². The lowest BCUT2D eigenvalue weighted by molar-refractivity contribution is -0.170. The number of amidine groups is 1. The van der Waals surface area contributed by atoms with Crippen molar-refractivity contribution in [2.24, 2.45) is 5.73 Å². The van der Waals surface area contributed by atoms with E-state index in [0.29, 0.717) is 21.8 Å². The number of carbonyl (C=O) groups is 2. The Morgan fingerprint density at radius 3 is 2.09 bits per heavy atom. The third kappa shape index (κ3) is 5.97. The molecule has 0 aliphatic rings. The summed E-state index contributed by atoms with van der Waals surface area (Å²) < 4.78 is 45.0. The Balaban J connectivity index is 1.76. The first-order valence-corrected chi connectivity index (χ1v) is 9.82.